The zero-order chi connectivity index (χ0) is 18.9. The maximum atomic E-state index is 5.82. The predicted molar refractivity (Wildman–Crippen MR) is 107 cm³/mol. The third kappa shape index (κ3) is 3.92. The minimum Gasteiger partial charge on any atom is -0.356 e. The van der Waals surface area contributed by atoms with Crippen molar-refractivity contribution in [3.05, 3.63) is 42.1 Å². The Labute approximate surface area is 160 Å². The fraction of sp³-hybridized carbons (Fsp3) is 0.524. The van der Waals surface area contributed by atoms with Crippen molar-refractivity contribution in [3.8, 4) is 0 Å². The van der Waals surface area contributed by atoms with Crippen LogP contribution in [-0.2, 0) is 14.9 Å². The Balaban J connectivity index is 1.49. The summed E-state index contributed by atoms with van der Waals surface area (Å²) < 4.78 is 11.6. The molecule has 0 amide bonds. The summed E-state index contributed by atoms with van der Waals surface area (Å²) in [5.74, 6) is 1.20. The first-order valence-corrected chi connectivity index (χ1v) is 9.68. The molecule has 6 nitrogen and oxygen atoms in total. The van der Waals surface area contributed by atoms with Gasteiger partial charge in [-0.3, -0.25) is 0 Å². The Bertz CT molecular complexity index is 787. The van der Waals surface area contributed by atoms with E-state index in [1.165, 1.54) is 5.56 Å². The molecule has 2 saturated heterocycles. The van der Waals surface area contributed by atoms with Gasteiger partial charge in [-0.25, -0.2) is 4.98 Å². The van der Waals surface area contributed by atoms with E-state index in [1.54, 1.807) is 0 Å². The zero-order valence-electron chi connectivity index (χ0n) is 16.4. The molecule has 1 aromatic carbocycles. The molecule has 0 aliphatic carbocycles. The number of hydrogen-bond donors (Lipinski definition) is 1. The summed E-state index contributed by atoms with van der Waals surface area (Å²) in [4.78, 5) is 11.5. The molecule has 2 aromatic rings. The highest BCUT2D eigenvalue weighted by molar-refractivity contribution is 5.61. The van der Waals surface area contributed by atoms with E-state index in [1.807, 2.05) is 18.3 Å². The molecule has 0 atom stereocenters. The van der Waals surface area contributed by atoms with E-state index in [0.29, 0.717) is 19.2 Å². The fourth-order valence-electron chi connectivity index (χ4n) is 3.81. The van der Waals surface area contributed by atoms with Crippen molar-refractivity contribution in [3.63, 3.8) is 0 Å². The fourth-order valence-corrected chi connectivity index (χ4v) is 3.81. The average Bonchev–Trinajstić information content (AvgIpc) is 3.10. The molecule has 144 valence electrons. The van der Waals surface area contributed by atoms with Crippen LogP contribution in [0.4, 0.5) is 17.5 Å². The van der Waals surface area contributed by atoms with Gasteiger partial charge in [0.15, 0.2) is 5.79 Å². The highest BCUT2D eigenvalue weighted by atomic mass is 16.7. The van der Waals surface area contributed by atoms with Crippen LogP contribution in [0.15, 0.2) is 36.5 Å². The predicted octanol–water partition coefficient (Wildman–Crippen LogP) is 3.86. The summed E-state index contributed by atoms with van der Waals surface area (Å²) in [6, 6.07) is 10.3. The third-order valence-electron chi connectivity index (χ3n) is 5.29. The van der Waals surface area contributed by atoms with Crippen molar-refractivity contribution < 1.29 is 9.47 Å². The summed E-state index contributed by atoms with van der Waals surface area (Å²) in [6.45, 7) is 9.78. The van der Waals surface area contributed by atoms with Crippen LogP contribution in [0, 0.1) is 0 Å². The summed E-state index contributed by atoms with van der Waals surface area (Å²) >= 11 is 0. The van der Waals surface area contributed by atoms with Crippen molar-refractivity contribution in [1.82, 2.24) is 9.97 Å². The van der Waals surface area contributed by atoms with Crippen molar-refractivity contribution in [1.29, 1.82) is 0 Å². The molecule has 0 saturated carbocycles. The number of para-hydroxylation sites is 1. The molecule has 1 spiro atoms. The van der Waals surface area contributed by atoms with E-state index < -0.39 is 0 Å². The van der Waals surface area contributed by atoms with Crippen LogP contribution in [0.5, 0.6) is 0 Å². The zero-order valence-corrected chi connectivity index (χ0v) is 16.4. The monoisotopic (exact) mass is 368 g/mol. The molecule has 1 N–H and O–H groups in total. The molecule has 0 bridgehead atoms. The Morgan fingerprint density at radius 3 is 2.44 bits per heavy atom. The number of rotatable bonds is 3. The molecule has 4 rings (SSSR count). The standard InChI is InChI=1S/C21H28N4O2/c1-20(2,3)16-6-4-5-7-17(16)23-19-22-11-8-18(24-19)25-12-9-21(10-13-25)26-14-15-27-21/h4-8,11H,9-10,12-15H2,1-3H3,(H,22,23,24). The number of benzene rings is 1. The first-order valence-electron chi connectivity index (χ1n) is 9.68. The van der Waals surface area contributed by atoms with Gasteiger partial charge >= 0.3 is 0 Å². The number of anilines is 3. The van der Waals surface area contributed by atoms with Crippen LogP contribution >= 0.6 is 0 Å². The van der Waals surface area contributed by atoms with Crippen LogP contribution in [-0.4, -0.2) is 42.1 Å². The van der Waals surface area contributed by atoms with E-state index in [4.69, 9.17) is 14.5 Å². The van der Waals surface area contributed by atoms with Crippen molar-refractivity contribution in [2.75, 3.05) is 36.5 Å². The van der Waals surface area contributed by atoms with Crippen LogP contribution in [0.1, 0.15) is 39.2 Å². The molecular formula is C21H28N4O2. The SMILES string of the molecule is CC(C)(C)c1ccccc1Nc1nccc(N2CCC3(CC2)OCCO3)n1. The Morgan fingerprint density at radius 2 is 1.74 bits per heavy atom. The number of piperidine rings is 1. The van der Waals surface area contributed by atoms with E-state index in [0.717, 1.165) is 37.4 Å². The van der Waals surface area contributed by atoms with Crippen LogP contribution in [0.2, 0.25) is 0 Å². The van der Waals surface area contributed by atoms with Crippen molar-refractivity contribution in [2.24, 2.45) is 0 Å². The van der Waals surface area contributed by atoms with Gasteiger partial charge in [-0.15, -0.1) is 0 Å². The molecule has 2 aliphatic rings. The van der Waals surface area contributed by atoms with Crippen LogP contribution in [0.3, 0.4) is 0 Å². The molecule has 1 aromatic heterocycles. The summed E-state index contributed by atoms with van der Waals surface area (Å²) in [5.41, 5.74) is 2.34. The number of aromatic nitrogens is 2. The van der Waals surface area contributed by atoms with Gasteiger partial charge in [-0.1, -0.05) is 39.0 Å². The lowest BCUT2D eigenvalue weighted by Crippen LogP contribution is -2.45. The molecule has 2 aliphatic heterocycles. The van der Waals surface area contributed by atoms with Gasteiger partial charge in [0.25, 0.3) is 0 Å². The minimum atomic E-state index is -0.365. The Hall–Kier alpha value is -2.18. The first kappa shape index (κ1) is 18.2. The van der Waals surface area contributed by atoms with Gasteiger partial charge in [0.05, 0.1) is 13.2 Å². The summed E-state index contributed by atoms with van der Waals surface area (Å²) in [7, 11) is 0. The second-order valence-corrected chi connectivity index (χ2v) is 8.25. The first-order chi connectivity index (χ1) is 13.0. The summed E-state index contributed by atoms with van der Waals surface area (Å²) in [6.07, 6.45) is 3.55. The Kier molecular flexibility index (Phi) is 4.78. The lowest BCUT2D eigenvalue weighted by atomic mass is 9.86. The van der Waals surface area contributed by atoms with Gasteiger partial charge < -0.3 is 19.7 Å². The third-order valence-corrected chi connectivity index (χ3v) is 5.29. The van der Waals surface area contributed by atoms with Gasteiger partial charge in [-0.2, -0.15) is 4.98 Å². The molecule has 6 heteroatoms. The number of nitrogens with one attached hydrogen (secondary N) is 1. The normalized spacial score (nSPS) is 19.4. The Morgan fingerprint density at radius 1 is 1.04 bits per heavy atom. The van der Waals surface area contributed by atoms with E-state index in [9.17, 15) is 0 Å². The van der Waals surface area contributed by atoms with Crippen LogP contribution < -0.4 is 10.2 Å². The molecule has 27 heavy (non-hydrogen) atoms. The molecule has 0 radical (unpaired) electrons. The molecular weight excluding hydrogens is 340 g/mol. The van der Waals surface area contributed by atoms with E-state index in [-0.39, 0.29) is 11.2 Å². The minimum absolute atomic E-state index is 0.0453. The van der Waals surface area contributed by atoms with Crippen molar-refractivity contribution >= 4 is 17.5 Å². The lowest BCUT2D eigenvalue weighted by Gasteiger charge is -2.38. The molecule has 2 fully saturated rings. The second kappa shape index (κ2) is 7.09. The smallest absolute Gasteiger partial charge is 0.229 e. The quantitative estimate of drug-likeness (QED) is 0.888. The maximum Gasteiger partial charge on any atom is 0.229 e. The topological polar surface area (TPSA) is 59.5 Å². The maximum absolute atomic E-state index is 5.82. The highest BCUT2D eigenvalue weighted by Crippen LogP contribution is 2.33. The van der Waals surface area contributed by atoms with E-state index in [2.05, 4.69) is 54.2 Å². The number of nitrogens with zero attached hydrogens (tertiary/aromatic N) is 3. The van der Waals surface area contributed by atoms with Crippen molar-refractivity contribution in [2.45, 2.75) is 44.8 Å². The second-order valence-electron chi connectivity index (χ2n) is 8.25. The average molecular weight is 368 g/mol. The highest BCUT2D eigenvalue weighted by Gasteiger charge is 2.40. The van der Waals surface area contributed by atoms with Gasteiger partial charge in [0, 0.05) is 37.8 Å². The molecule has 3 heterocycles. The van der Waals surface area contributed by atoms with Crippen LogP contribution in [0.25, 0.3) is 0 Å². The summed E-state index contributed by atoms with van der Waals surface area (Å²) in [5, 5.41) is 3.41. The lowest BCUT2D eigenvalue weighted by molar-refractivity contribution is -0.169. The largest absolute Gasteiger partial charge is 0.356 e. The number of hydrogen-bond acceptors (Lipinski definition) is 6. The van der Waals surface area contributed by atoms with Gasteiger partial charge in [0.2, 0.25) is 5.95 Å². The van der Waals surface area contributed by atoms with Gasteiger partial charge in [0.1, 0.15) is 5.82 Å². The molecule has 0 unspecified atom stereocenters. The van der Waals surface area contributed by atoms with Gasteiger partial charge in [-0.05, 0) is 23.1 Å². The number of ether oxygens (including phenoxy) is 2. The van der Waals surface area contributed by atoms with E-state index >= 15 is 0 Å².